The average Bonchev–Trinajstić information content (AvgIpc) is 3.73. The standard InChI is InChI=1S/C40H58N12O2.C2H4O2/c41-35(39(54)44-27-30-11-3-1-4-12-30)17-18-37(53)51-25-19-32(20-26-51)46-38-34-15-7-8-16-36(34)47-40(48-38)45-28-33-29-52(50-49-33)24-10-22-42-21-9-23-43-31-13-5-2-6-14-31;1-4-2-3/h1,3-4,7-8,11-12,15-16,29,31-32,35,42-43H,2,5-6,9-10,13-14,17-28,41H2,(H,44,54)(H2,45,46,47,48);2H,1H3/t35-;/m0./s1. The van der Waals surface area contributed by atoms with Crippen molar-refractivity contribution in [3.05, 3.63) is 72.1 Å². The predicted octanol–water partition coefficient (Wildman–Crippen LogP) is 3.74. The molecule has 2 fully saturated rings. The van der Waals surface area contributed by atoms with Crippen molar-refractivity contribution in [2.24, 2.45) is 5.73 Å². The quantitative estimate of drug-likeness (QED) is 0.0526. The summed E-state index contributed by atoms with van der Waals surface area (Å²) in [4.78, 5) is 45.9. The summed E-state index contributed by atoms with van der Waals surface area (Å²) in [5.41, 5.74) is 8.79. The second kappa shape index (κ2) is 24.6. The first-order valence-electron chi connectivity index (χ1n) is 20.8. The number of likely N-dealkylation sites (tertiary alicyclic amines) is 1. The molecular formula is C42H62N12O4. The zero-order valence-corrected chi connectivity index (χ0v) is 33.9. The van der Waals surface area contributed by atoms with Crippen LogP contribution in [0.15, 0.2) is 60.8 Å². The first-order chi connectivity index (χ1) is 28.4. The minimum absolute atomic E-state index is 0.0281. The summed E-state index contributed by atoms with van der Waals surface area (Å²) in [6.07, 6.45) is 13.1. The molecule has 1 saturated carbocycles. The molecule has 16 nitrogen and oxygen atoms in total. The lowest BCUT2D eigenvalue weighted by atomic mass is 9.95. The number of carbonyl (C=O) groups is 3. The third-order valence-electron chi connectivity index (χ3n) is 10.5. The van der Waals surface area contributed by atoms with E-state index in [0.717, 1.165) is 85.9 Å². The first kappa shape index (κ1) is 43.9. The zero-order chi connectivity index (χ0) is 40.8. The summed E-state index contributed by atoms with van der Waals surface area (Å²) in [6, 6.07) is 17.8. The highest BCUT2D eigenvalue weighted by Gasteiger charge is 2.25. The molecule has 0 spiro atoms. The van der Waals surface area contributed by atoms with Crippen LogP contribution in [0.4, 0.5) is 11.8 Å². The normalized spacial score (nSPS) is 15.2. The molecule has 314 valence electrons. The summed E-state index contributed by atoms with van der Waals surface area (Å²) in [5.74, 6) is 1.07. The monoisotopic (exact) mass is 799 g/mol. The minimum Gasteiger partial charge on any atom is -0.471 e. The summed E-state index contributed by atoms with van der Waals surface area (Å²) < 4.78 is 5.76. The highest BCUT2D eigenvalue weighted by molar-refractivity contribution is 5.90. The van der Waals surface area contributed by atoms with Crippen LogP contribution in [0.5, 0.6) is 0 Å². The van der Waals surface area contributed by atoms with E-state index in [1.54, 1.807) is 0 Å². The van der Waals surface area contributed by atoms with Gasteiger partial charge in [0.05, 0.1) is 31.4 Å². The maximum absolute atomic E-state index is 13.0. The predicted molar refractivity (Wildman–Crippen MR) is 226 cm³/mol. The SMILES string of the molecule is COC=O.N[C@@H](CCC(=O)N1CCC(Nc2nc(NCc3cn(CCCNCCCNC4CCCCC4)nn3)nc3ccccc23)CC1)C(=O)NCc1ccccc1. The maximum Gasteiger partial charge on any atom is 0.292 e. The number of anilines is 2. The molecule has 0 bridgehead atoms. The van der Waals surface area contributed by atoms with Crippen molar-refractivity contribution in [2.45, 2.75) is 108 Å². The van der Waals surface area contributed by atoms with Crippen LogP contribution < -0.4 is 32.3 Å². The number of fused-ring (bicyclic) bond motifs is 1. The fourth-order valence-electron chi connectivity index (χ4n) is 7.23. The number of hydrogen-bond acceptors (Lipinski definition) is 13. The van der Waals surface area contributed by atoms with Crippen LogP contribution in [0, 0.1) is 0 Å². The van der Waals surface area contributed by atoms with Gasteiger partial charge in [-0.2, -0.15) is 4.98 Å². The molecule has 1 aliphatic carbocycles. The van der Waals surface area contributed by atoms with Crippen molar-refractivity contribution < 1.29 is 19.1 Å². The van der Waals surface area contributed by atoms with Crippen LogP contribution in [-0.2, 0) is 38.8 Å². The maximum atomic E-state index is 13.0. The molecule has 2 aliphatic rings. The van der Waals surface area contributed by atoms with Gasteiger partial charge in [0.15, 0.2) is 0 Å². The topological polar surface area (TPSA) is 206 Å². The van der Waals surface area contributed by atoms with Gasteiger partial charge >= 0.3 is 0 Å². The van der Waals surface area contributed by atoms with Crippen LogP contribution in [-0.4, -0.2) is 106 Å². The van der Waals surface area contributed by atoms with Gasteiger partial charge in [-0.15, -0.1) is 5.10 Å². The van der Waals surface area contributed by atoms with Crippen LogP contribution in [0.2, 0.25) is 0 Å². The fourth-order valence-corrected chi connectivity index (χ4v) is 7.23. The number of hydrogen-bond donors (Lipinski definition) is 6. The van der Waals surface area contributed by atoms with Crippen LogP contribution in [0.3, 0.4) is 0 Å². The number of ether oxygens (including phenoxy) is 1. The number of carbonyl (C=O) groups excluding carboxylic acids is 3. The van der Waals surface area contributed by atoms with Crippen LogP contribution in [0.25, 0.3) is 10.9 Å². The Kier molecular flexibility index (Phi) is 18.6. The lowest BCUT2D eigenvalue weighted by Crippen LogP contribution is -2.44. The Morgan fingerprint density at radius 2 is 1.66 bits per heavy atom. The molecule has 2 aromatic heterocycles. The average molecular weight is 799 g/mol. The molecule has 0 radical (unpaired) electrons. The number of para-hydroxylation sites is 1. The van der Waals surface area contributed by atoms with E-state index in [9.17, 15) is 9.59 Å². The number of nitrogens with two attached hydrogens (primary N) is 1. The molecule has 2 aromatic carbocycles. The molecule has 1 saturated heterocycles. The Morgan fingerprint density at radius 1 is 0.914 bits per heavy atom. The van der Waals surface area contributed by atoms with Gasteiger partial charge in [-0.1, -0.05) is 66.9 Å². The van der Waals surface area contributed by atoms with Gasteiger partial charge < -0.3 is 42.0 Å². The van der Waals surface area contributed by atoms with Crippen LogP contribution in [0.1, 0.15) is 81.9 Å². The summed E-state index contributed by atoms with van der Waals surface area (Å²) in [7, 11) is 1.31. The third kappa shape index (κ3) is 15.0. The number of piperidine rings is 1. The van der Waals surface area contributed by atoms with Gasteiger partial charge in [0.2, 0.25) is 17.8 Å². The van der Waals surface area contributed by atoms with Gasteiger partial charge in [-0.3, -0.25) is 19.1 Å². The minimum atomic E-state index is -0.724. The lowest BCUT2D eigenvalue weighted by Gasteiger charge is -2.33. The Bertz CT molecular complexity index is 1810. The number of amides is 2. The van der Waals surface area contributed by atoms with Crippen molar-refractivity contribution in [3.8, 4) is 0 Å². The molecule has 3 heterocycles. The smallest absolute Gasteiger partial charge is 0.292 e. The van der Waals surface area contributed by atoms with E-state index in [0.29, 0.717) is 45.0 Å². The van der Waals surface area contributed by atoms with E-state index >= 15 is 0 Å². The van der Waals surface area contributed by atoms with Gasteiger partial charge in [-0.05, 0) is 82.3 Å². The van der Waals surface area contributed by atoms with Crippen LogP contribution >= 0.6 is 0 Å². The lowest BCUT2D eigenvalue weighted by molar-refractivity contribution is -0.132. The molecule has 4 aromatic rings. The highest BCUT2D eigenvalue weighted by atomic mass is 16.5. The Balaban J connectivity index is 0.00000153. The highest BCUT2D eigenvalue weighted by Crippen LogP contribution is 2.25. The van der Waals surface area contributed by atoms with Crippen molar-refractivity contribution in [1.29, 1.82) is 0 Å². The van der Waals surface area contributed by atoms with E-state index < -0.39 is 6.04 Å². The molecule has 16 heteroatoms. The van der Waals surface area contributed by atoms with Crippen molar-refractivity contribution in [3.63, 3.8) is 0 Å². The Labute approximate surface area is 341 Å². The molecule has 1 aliphatic heterocycles. The fraction of sp³-hybridized carbons (Fsp3) is 0.548. The van der Waals surface area contributed by atoms with Gasteiger partial charge in [0.1, 0.15) is 11.5 Å². The molecule has 1 atom stereocenters. The Morgan fingerprint density at radius 3 is 2.43 bits per heavy atom. The molecular weight excluding hydrogens is 737 g/mol. The summed E-state index contributed by atoms with van der Waals surface area (Å²) >= 11 is 0. The molecule has 7 N–H and O–H groups in total. The number of rotatable bonds is 21. The van der Waals surface area contributed by atoms with Crippen molar-refractivity contribution in [2.75, 3.05) is 50.5 Å². The number of aromatic nitrogens is 5. The van der Waals surface area contributed by atoms with E-state index in [1.165, 1.54) is 39.2 Å². The second-order valence-electron chi connectivity index (χ2n) is 15.0. The number of nitrogens with one attached hydrogen (secondary N) is 5. The van der Waals surface area contributed by atoms with E-state index in [4.69, 9.17) is 20.5 Å². The Hall–Kier alpha value is -5.19. The van der Waals surface area contributed by atoms with E-state index in [1.807, 2.05) is 70.4 Å². The third-order valence-corrected chi connectivity index (χ3v) is 10.5. The number of nitrogens with zero attached hydrogens (tertiary/aromatic N) is 6. The zero-order valence-electron chi connectivity index (χ0n) is 33.9. The van der Waals surface area contributed by atoms with Gasteiger partial charge in [-0.25, -0.2) is 4.98 Å². The first-order valence-corrected chi connectivity index (χ1v) is 20.8. The number of aryl methyl sites for hydroxylation is 1. The molecule has 58 heavy (non-hydrogen) atoms. The summed E-state index contributed by atoms with van der Waals surface area (Å²) in [5, 5.41) is 26.7. The van der Waals surface area contributed by atoms with E-state index in [-0.39, 0.29) is 24.3 Å². The summed E-state index contributed by atoms with van der Waals surface area (Å²) in [6.45, 7) is 6.40. The van der Waals surface area contributed by atoms with Crippen molar-refractivity contribution >= 4 is 41.0 Å². The number of benzene rings is 2. The molecule has 6 rings (SSSR count). The van der Waals surface area contributed by atoms with Gasteiger partial charge in [0.25, 0.3) is 6.47 Å². The molecule has 0 unspecified atom stereocenters. The van der Waals surface area contributed by atoms with Crippen molar-refractivity contribution in [1.82, 2.24) is 45.8 Å². The molecule has 2 amide bonds. The largest absolute Gasteiger partial charge is 0.471 e. The van der Waals surface area contributed by atoms with E-state index in [2.05, 4.69) is 41.6 Å². The van der Waals surface area contributed by atoms with Gasteiger partial charge in [0, 0.05) is 50.1 Å². The second-order valence-corrected chi connectivity index (χ2v) is 15.0. The number of methoxy groups -OCH3 is 1.